The average Bonchev–Trinajstić information content (AvgIpc) is 2.74. The molecule has 2 aromatic heterocycles. The molecule has 0 N–H and O–H groups in total. The lowest BCUT2D eigenvalue weighted by atomic mass is 9.92. The third kappa shape index (κ3) is 3.52. The quantitative estimate of drug-likeness (QED) is 0.493. The van der Waals surface area contributed by atoms with Crippen LogP contribution in [-0.4, -0.2) is 22.3 Å². The molecule has 132 valence electrons. The predicted molar refractivity (Wildman–Crippen MR) is 108 cm³/mol. The Kier molecular flexibility index (Phi) is 4.81. The summed E-state index contributed by atoms with van der Waals surface area (Å²) in [5, 5.41) is 0.415. The second-order valence-electron chi connectivity index (χ2n) is 6.09. The number of rotatable bonds is 4. The summed E-state index contributed by atoms with van der Waals surface area (Å²) in [6.07, 6.45) is 8.34. The van der Waals surface area contributed by atoms with E-state index in [1.54, 1.807) is 18.5 Å². The van der Waals surface area contributed by atoms with Gasteiger partial charge >= 0.3 is 0 Å². The summed E-state index contributed by atoms with van der Waals surface area (Å²) in [6.45, 7) is 0. The molecule has 1 aliphatic heterocycles. The highest BCUT2D eigenvalue weighted by Gasteiger charge is 2.27. The van der Waals surface area contributed by atoms with E-state index in [2.05, 4.69) is 9.97 Å². The molecule has 1 aromatic carbocycles. The molecule has 1 atom stereocenters. The van der Waals surface area contributed by atoms with Gasteiger partial charge in [0.15, 0.2) is 0 Å². The largest absolute Gasteiger partial charge is 0.333 e. The fourth-order valence-electron chi connectivity index (χ4n) is 3.12. The fourth-order valence-corrected chi connectivity index (χ4v) is 3.23. The van der Waals surface area contributed by atoms with E-state index in [0.717, 1.165) is 34.4 Å². The highest BCUT2D eigenvalue weighted by atomic mass is 35.5. The fraction of sp³-hybridized carbons (Fsp3) is 0.0455. The highest BCUT2D eigenvalue weighted by Crippen LogP contribution is 2.34. The molecule has 3 heterocycles. The molecule has 0 saturated heterocycles. The van der Waals surface area contributed by atoms with Gasteiger partial charge in [0.2, 0.25) is 0 Å². The van der Waals surface area contributed by atoms with Crippen LogP contribution in [0.15, 0.2) is 85.3 Å². The van der Waals surface area contributed by atoms with Crippen molar-refractivity contribution in [3.63, 3.8) is 0 Å². The SMILES string of the molecule is O=CC1C(c2ccc(Cl)nc2)=CC(c2ccccn2)=CN1c1ccccc1. The van der Waals surface area contributed by atoms with Crippen molar-refractivity contribution in [2.45, 2.75) is 6.04 Å². The maximum Gasteiger partial charge on any atom is 0.147 e. The van der Waals surface area contributed by atoms with Crippen molar-refractivity contribution in [2.75, 3.05) is 4.90 Å². The van der Waals surface area contributed by atoms with Gasteiger partial charge in [0.1, 0.15) is 17.5 Å². The van der Waals surface area contributed by atoms with Crippen LogP contribution in [0.25, 0.3) is 11.1 Å². The minimum atomic E-state index is -0.470. The molecular weight excluding hydrogens is 358 g/mol. The maximum absolute atomic E-state index is 12.1. The van der Waals surface area contributed by atoms with Crippen LogP contribution in [0.4, 0.5) is 5.69 Å². The van der Waals surface area contributed by atoms with Crippen LogP contribution in [0, 0.1) is 0 Å². The number of halogens is 1. The number of aromatic nitrogens is 2. The third-order valence-corrected chi connectivity index (χ3v) is 4.64. The zero-order chi connectivity index (χ0) is 18.6. The average molecular weight is 374 g/mol. The summed E-state index contributed by atoms with van der Waals surface area (Å²) in [6, 6.07) is 18.7. The molecule has 0 fully saturated rings. The lowest BCUT2D eigenvalue weighted by Crippen LogP contribution is -2.35. The number of nitrogens with zero attached hydrogens (tertiary/aromatic N) is 3. The van der Waals surface area contributed by atoms with Gasteiger partial charge in [-0.15, -0.1) is 0 Å². The van der Waals surface area contributed by atoms with E-state index < -0.39 is 6.04 Å². The molecule has 0 aliphatic carbocycles. The Bertz CT molecular complexity index is 999. The van der Waals surface area contributed by atoms with Crippen molar-refractivity contribution in [1.82, 2.24) is 9.97 Å². The first kappa shape index (κ1) is 17.2. The summed E-state index contributed by atoms with van der Waals surface area (Å²) in [5.41, 5.74) is 4.38. The molecule has 5 heteroatoms. The summed E-state index contributed by atoms with van der Waals surface area (Å²) in [4.78, 5) is 22.7. The number of hydrogen-bond acceptors (Lipinski definition) is 4. The topological polar surface area (TPSA) is 46.1 Å². The third-order valence-electron chi connectivity index (χ3n) is 4.41. The van der Waals surface area contributed by atoms with Crippen LogP contribution in [0.5, 0.6) is 0 Å². The molecule has 0 amide bonds. The zero-order valence-corrected chi connectivity index (χ0v) is 15.1. The van der Waals surface area contributed by atoms with Crippen LogP contribution in [0.2, 0.25) is 5.15 Å². The number of carbonyl (C=O) groups excluding carboxylic acids is 1. The smallest absolute Gasteiger partial charge is 0.147 e. The molecule has 0 spiro atoms. The van der Waals surface area contributed by atoms with Gasteiger partial charge in [-0.1, -0.05) is 41.9 Å². The van der Waals surface area contributed by atoms with E-state index in [9.17, 15) is 4.79 Å². The minimum Gasteiger partial charge on any atom is -0.333 e. The Morgan fingerprint density at radius 2 is 1.78 bits per heavy atom. The maximum atomic E-state index is 12.1. The Labute approximate surface area is 162 Å². The number of aldehydes is 1. The van der Waals surface area contributed by atoms with Gasteiger partial charge in [-0.25, -0.2) is 4.98 Å². The minimum absolute atomic E-state index is 0.415. The van der Waals surface area contributed by atoms with Crippen molar-refractivity contribution in [3.05, 3.63) is 102 Å². The molecule has 0 saturated carbocycles. The van der Waals surface area contributed by atoms with E-state index in [0.29, 0.717) is 5.15 Å². The van der Waals surface area contributed by atoms with Crippen molar-refractivity contribution >= 4 is 34.7 Å². The van der Waals surface area contributed by atoms with Crippen LogP contribution in [0.1, 0.15) is 11.3 Å². The van der Waals surface area contributed by atoms with Gasteiger partial charge in [-0.2, -0.15) is 0 Å². The summed E-state index contributed by atoms with van der Waals surface area (Å²) >= 11 is 5.94. The first-order valence-electron chi connectivity index (χ1n) is 8.52. The number of pyridine rings is 2. The number of benzene rings is 1. The molecule has 0 radical (unpaired) electrons. The number of anilines is 1. The number of allylic oxidation sites excluding steroid dienone is 2. The van der Waals surface area contributed by atoms with Gasteiger partial charge in [0, 0.05) is 29.9 Å². The van der Waals surface area contributed by atoms with Gasteiger partial charge in [0.25, 0.3) is 0 Å². The molecule has 27 heavy (non-hydrogen) atoms. The predicted octanol–water partition coefficient (Wildman–Crippen LogP) is 4.64. The van der Waals surface area contributed by atoms with Crippen molar-refractivity contribution in [3.8, 4) is 0 Å². The number of hydrogen-bond donors (Lipinski definition) is 0. The van der Waals surface area contributed by atoms with E-state index in [-0.39, 0.29) is 0 Å². The second-order valence-corrected chi connectivity index (χ2v) is 6.48. The van der Waals surface area contributed by atoms with Gasteiger partial charge in [-0.3, -0.25) is 4.98 Å². The Balaban J connectivity index is 1.87. The van der Waals surface area contributed by atoms with Gasteiger partial charge < -0.3 is 9.69 Å². The van der Waals surface area contributed by atoms with Crippen LogP contribution in [0.3, 0.4) is 0 Å². The first-order chi connectivity index (χ1) is 13.3. The van der Waals surface area contributed by atoms with E-state index >= 15 is 0 Å². The van der Waals surface area contributed by atoms with Crippen molar-refractivity contribution in [2.24, 2.45) is 0 Å². The highest BCUT2D eigenvalue weighted by molar-refractivity contribution is 6.29. The number of carbonyl (C=O) groups is 1. The molecule has 1 aliphatic rings. The van der Waals surface area contributed by atoms with E-state index in [1.807, 2.05) is 71.8 Å². The van der Waals surface area contributed by atoms with Crippen LogP contribution in [-0.2, 0) is 4.79 Å². The van der Waals surface area contributed by atoms with Gasteiger partial charge in [0.05, 0.1) is 5.69 Å². The molecular formula is C22H16ClN3O. The standard InChI is InChI=1S/C22H16ClN3O/c23-22-10-9-16(13-25-22)19-12-17(20-8-4-5-11-24-20)14-26(21(19)15-27)18-6-2-1-3-7-18/h1-15,21H. The molecule has 4 nitrogen and oxygen atoms in total. The van der Waals surface area contributed by atoms with Crippen molar-refractivity contribution in [1.29, 1.82) is 0 Å². The van der Waals surface area contributed by atoms with E-state index in [1.165, 1.54) is 0 Å². The normalized spacial score (nSPS) is 16.5. The zero-order valence-electron chi connectivity index (χ0n) is 14.4. The molecule has 1 unspecified atom stereocenters. The summed E-state index contributed by atoms with van der Waals surface area (Å²) < 4.78 is 0. The second kappa shape index (κ2) is 7.56. The first-order valence-corrected chi connectivity index (χ1v) is 8.89. The summed E-state index contributed by atoms with van der Waals surface area (Å²) in [5.74, 6) is 0. The van der Waals surface area contributed by atoms with Crippen molar-refractivity contribution < 1.29 is 4.79 Å². The summed E-state index contributed by atoms with van der Waals surface area (Å²) in [7, 11) is 0. The van der Waals surface area contributed by atoms with Crippen LogP contribution < -0.4 is 4.90 Å². The monoisotopic (exact) mass is 373 g/mol. The Morgan fingerprint density at radius 3 is 2.44 bits per heavy atom. The number of para-hydroxylation sites is 1. The van der Waals surface area contributed by atoms with Gasteiger partial charge in [-0.05, 0) is 47.5 Å². The molecule has 0 bridgehead atoms. The lowest BCUT2D eigenvalue weighted by Gasteiger charge is -2.33. The molecule has 4 rings (SSSR count). The Hall–Kier alpha value is -3.24. The van der Waals surface area contributed by atoms with Crippen LogP contribution >= 0.6 is 11.6 Å². The lowest BCUT2D eigenvalue weighted by molar-refractivity contribution is -0.107. The molecule has 3 aromatic rings. The van der Waals surface area contributed by atoms with E-state index in [4.69, 9.17) is 11.6 Å². The Morgan fingerprint density at radius 1 is 0.963 bits per heavy atom.